The summed E-state index contributed by atoms with van der Waals surface area (Å²) >= 11 is -0.0172. The van der Waals surface area contributed by atoms with Crippen molar-refractivity contribution in [1.82, 2.24) is 0 Å². The van der Waals surface area contributed by atoms with E-state index >= 15 is 0 Å². The molecule has 2 atom stereocenters. The zero-order chi connectivity index (χ0) is 13.4. The Kier molecular flexibility index (Phi) is 15.7. The Morgan fingerprint density at radius 3 is 1.56 bits per heavy atom. The zero-order valence-electron chi connectivity index (χ0n) is 11.1. The molecule has 2 N–H and O–H groups in total. The number of hydrogen-bond acceptors (Lipinski definition) is 5. The van der Waals surface area contributed by atoms with Gasteiger partial charge in [-0.15, -0.1) is 0 Å². The molecular formula is C8H20CsO6P2S+. The van der Waals surface area contributed by atoms with E-state index in [-0.39, 0.29) is 93.1 Å². The molecule has 0 saturated carbocycles. The van der Waals surface area contributed by atoms with Crippen molar-refractivity contribution in [2.45, 2.75) is 39.5 Å². The molecule has 104 valence electrons. The maximum absolute atomic E-state index is 11.4. The van der Waals surface area contributed by atoms with Crippen LogP contribution in [0.1, 0.15) is 39.5 Å². The first-order valence-corrected chi connectivity index (χ1v) is 10.7. The van der Waals surface area contributed by atoms with E-state index in [4.69, 9.17) is 0 Å². The molecule has 0 bridgehead atoms. The summed E-state index contributed by atoms with van der Waals surface area (Å²) < 4.78 is 32.2. The van der Waals surface area contributed by atoms with Crippen LogP contribution in [-0.4, -0.2) is 23.0 Å². The summed E-state index contributed by atoms with van der Waals surface area (Å²) in [5.74, 6) is 0. The average molecular weight is 439 g/mol. The molecule has 18 heavy (non-hydrogen) atoms. The van der Waals surface area contributed by atoms with Crippen molar-refractivity contribution < 1.29 is 96.9 Å². The van der Waals surface area contributed by atoms with E-state index < -0.39 is 13.6 Å². The van der Waals surface area contributed by atoms with Gasteiger partial charge in [-0.25, -0.2) is 9.13 Å². The van der Waals surface area contributed by atoms with Crippen LogP contribution in [-0.2, 0) is 18.2 Å². The first-order chi connectivity index (χ1) is 7.83. The van der Waals surface area contributed by atoms with Crippen molar-refractivity contribution >= 4 is 24.6 Å². The van der Waals surface area contributed by atoms with E-state index in [0.717, 1.165) is 12.8 Å². The molecule has 0 aliphatic rings. The fraction of sp³-hybridized carbons (Fsp3) is 1.00. The monoisotopic (exact) mass is 439 g/mol. The van der Waals surface area contributed by atoms with Gasteiger partial charge in [0.25, 0.3) is 0 Å². The van der Waals surface area contributed by atoms with E-state index in [1.165, 1.54) is 0 Å². The van der Waals surface area contributed by atoms with Crippen LogP contribution in [0.5, 0.6) is 0 Å². The van der Waals surface area contributed by atoms with Gasteiger partial charge in [-0.1, -0.05) is 26.7 Å². The number of rotatable bonds is 10. The topological polar surface area (TPSA) is 93.1 Å². The van der Waals surface area contributed by atoms with Gasteiger partial charge in [0.1, 0.15) is 0 Å². The standard InChI is InChI=1S/C8H20O6P2S.Cs/c1-3-5-7-13-15(9,10)17-16(11,12)14-8-6-4-2;/h3-8H2,1-2H3,(H,9,10)(H,11,12);/q;+1. The molecule has 0 aromatic heterocycles. The van der Waals surface area contributed by atoms with E-state index in [1.54, 1.807) is 0 Å². The molecule has 0 fully saturated rings. The third kappa shape index (κ3) is 13.7. The molecule has 0 amide bonds. The van der Waals surface area contributed by atoms with Gasteiger partial charge in [-0.3, -0.25) is 0 Å². The summed E-state index contributed by atoms with van der Waals surface area (Å²) in [5, 5.41) is 0. The zero-order valence-corrected chi connectivity index (χ0v) is 20.0. The number of hydrogen-bond donors (Lipinski definition) is 2. The summed E-state index contributed by atoms with van der Waals surface area (Å²) in [6.45, 7) is -4.24. The molecule has 6 nitrogen and oxygen atoms in total. The van der Waals surface area contributed by atoms with Crippen LogP contribution < -0.4 is 68.9 Å². The van der Waals surface area contributed by atoms with Gasteiger partial charge >= 0.3 is 82.5 Å². The smallest absolute Gasteiger partial charge is 0.316 e. The normalized spacial score (nSPS) is 17.6. The van der Waals surface area contributed by atoms with Crippen LogP contribution in [0.4, 0.5) is 0 Å². The maximum Gasteiger partial charge on any atom is 1.00 e. The minimum Gasteiger partial charge on any atom is -0.316 e. The van der Waals surface area contributed by atoms with Crippen LogP contribution in [0, 0.1) is 0 Å². The van der Waals surface area contributed by atoms with Gasteiger partial charge in [-0.2, -0.15) is 0 Å². The van der Waals surface area contributed by atoms with Gasteiger partial charge in [-0.05, 0) is 12.8 Å². The van der Waals surface area contributed by atoms with E-state index in [0.29, 0.717) is 12.8 Å². The summed E-state index contributed by atoms with van der Waals surface area (Å²) in [5.41, 5.74) is 0. The summed E-state index contributed by atoms with van der Waals surface area (Å²) in [6.07, 6.45) is 2.87. The Morgan fingerprint density at radius 2 is 1.28 bits per heavy atom. The number of unbranched alkanes of at least 4 members (excludes halogenated alkanes) is 2. The van der Waals surface area contributed by atoms with Gasteiger partial charge < -0.3 is 18.8 Å². The Morgan fingerprint density at radius 1 is 0.944 bits per heavy atom. The van der Waals surface area contributed by atoms with Crippen molar-refractivity contribution in [3.63, 3.8) is 0 Å². The second kappa shape index (κ2) is 12.3. The summed E-state index contributed by atoms with van der Waals surface area (Å²) in [6, 6.07) is 0. The first kappa shape index (κ1) is 23.0. The fourth-order valence-corrected chi connectivity index (χ4v) is 6.61. The van der Waals surface area contributed by atoms with Gasteiger partial charge in [0.2, 0.25) is 0 Å². The molecule has 0 aliphatic carbocycles. The Labute approximate surface area is 171 Å². The second-order valence-corrected chi connectivity index (χ2v) is 10.7. The molecule has 10 heteroatoms. The minimum absolute atomic E-state index is 0. The Balaban J connectivity index is 0. The van der Waals surface area contributed by atoms with Gasteiger partial charge in [0.15, 0.2) is 0 Å². The molecule has 0 aliphatic heterocycles. The van der Waals surface area contributed by atoms with Crippen LogP contribution in [0.3, 0.4) is 0 Å². The van der Waals surface area contributed by atoms with Gasteiger partial charge in [0.05, 0.1) is 24.2 Å². The maximum atomic E-state index is 11.4. The van der Waals surface area contributed by atoms with E-state index in [9.17, 15) is 18.9 Å². The molecule has 0 aromatic rings. The Bertz CT molecular complexity index is 275. The van der Waals surface area contributed by atoms with Crippen LogP contribution in [0.15, 0.2) is 0 Å². The predicted octanol–water partition coefficient (Wildman–Crippen LogP) is 0.558. The molecular weight excluding hydrogens is 419 g/mol. The van der Waals surface area contributed by atoms with Crippen LogP contribution in [0.2, 0.25) is 0 Å². The second-order valence-electron chi connectivity index (χ2n) is 3.39. The quantitative estimate of drug-likeness (QED) is 0.380. The molecule has 0 heterocycles. The predicted molar refractivity (Wildman–Crippen MR) is 69.0 cm³/mol. The van der Waals surface area contributed by atoms with Crippen molar-refractivity contribution in [2.24, 2.45) is 0 Å². The van der Waals surface area contributed by atoms with Crippen LogP contribution in [0.25, 0.3) is 0 Å². The SMILES string of the molecule is CCCCOP(=O)(O)SP(=O)(O)OCCCC.[Cs+]. The molecule has 0 rings (SSSR count). The third-order valence-electron chi connectivity index (χ3n) is 1.71. The van der Waals surface area contributed by atoms with Crippen molar-refractivity contribution in [2.75, 3.05) is 13.2 Å². The first-order valence-electron chi connectivity index (χ1n) is 5.49. The van der Waals surface area contributed by atoms with Crippen molar-refractivity contribution in [3.05, 3.63) is 0 Å². The molecule has 0 aromatic carbocycles. The molecule has 2 unspecified atom stereocenters. The molecule has 0 radical (unpaired) electrons. The van der Waals surface area contributed by atoms with Crippen molar-refractivity contribution in [1.29, 1.82) is 0 Å². The Hall–Kier alpha value is 2.70. The van der Waals surface area contributed by atoms with Crippen molar-refractivity contribution in [3.8, 4) is 0 Å². The van der Waals surface area contributed by atoms with Crippen LogP contribution >= 0.6 is 24.6 Å². The molecule has 0 spiro atoms. The average Bonchev–Trinajstić information content (AvgIpc) is 2.16. The van der Waals surface area contributed by atoms with Gasteiger partial charge in [0, 0.05) is 0 Å². The summed E-state index contributed by atoms with van der Waals surface area (Å²) in [4.78, 5) is 18.6. The fourth-order valence-electron chi connectivity index (χ4n) is 0.826. The largest absolute Gasteiger partial charge is 1.00 e. The summed E-state index contributed by atoms with van der Waals surface area (Å²) in [7, 11) is 0. The third-order valence-corrected chi connectivity index (χ3v) is 8.73. The minimum atomic E-state index is -4.11. The van der Waals surface area contributed by atoms with E-state index in [1.807, 2.05) is 13.8 Å². The molecule has 0 saturated heterocycles. The van der Waals surface area contributed by atoms with E-state index in [2.05, 4.69) is 9.05 Å².